The highest BCUT2D eigenvalue weighted by Crippen LogP contribution is 2.23. The molecule has 1 amide bonds. The number of fused-ring (bicyclic) bond motifs is 1. The number of carbonyl (C=O) groups excluding carboxylic acids is 1. The molecular formula is C15H19N5O4. The zero-order valence-electron chi connectivity index (χ0n) is 13.3. The fraction of sp³-hybridized carbons (Fsp3) is 0.533. The first-order chi connectivity index (χ1) is 11.7. The molecule has 0 radical (unpaired) electrons. The summed E-state index contributed by atoms with van der Waals surface area (Å²) in [5, 5.41) is 11.2. The van der Waals surface area contributed by atoms with E-state index in [0.29, 0.717) is 37.0 Å². The summed E-state index contributed by atoms with van der Waals surface area (Å²) < 4.78 is 20.3. The second-order valence-electron chi connectivity index (χ2n) is 5.91. The zero-order valence-corrected chi connectivity index (χ0v) is 13.3. The Kier molecular flexibility index (Phi) is 3.85. The van der Waals surface area contributed by atoms with E-state index in [1.54, 1.807) is 28.0 Å². The van der Waals surface area contributed by atoms with Crippen LogP contribution in [0.4, 0.5) is 0 Å². The standard InChI is InChI=1S/C15H19N5O4/c1-19-7-10(5-16-19)24-13-9-22-8-12(13)18-14(21)11-6-17-20-3-2-4-23-15(11)20/h5-7,12-13H,2-4,8-9H2,1H3,(H,18,21)/t12-,13+/m0/s1. The van der Waals surface area contributed by atoms with Gasteiger partial charge < -0.3 is 19.5 Å². The normalized spacial score (nSPS) is 22.7. The summed E-state index contributed by atoms with van der Waals surface area (Å²) in [6.45, 7) is 2.19. The lowest BCUT2D eigenvalue weighted by Crippen LogP contribution is -2.45. The Hall–Kier alpha value is -2.55. The predicted molar refractivity (Wildman–Crippen MR) is 82.0 cm³/mol. The lowest BCUT2D eigenvalue weighted by molar-refractivity contribution is 0.0897. The van der Waals surface area contributed by atoms with Gasteiger partial charge in [-0.15, -0.1) is 0 Å². The summed E-state index contributed by atoms with van der Waals surface area (Å²) in [5.74, 6) is 0.953. The third-order valence-corrected chi connectivity index (χ3v) is 4.10. The molecule has 0 saturated carbocycles. The van der Waals surface area contributed by atoms with Crippen molar-refractivity contribution < 1.29 is 19.0 Å². The molecule has 4 rings (SSSR count). The summed E-state index contributed by atoms with van der Waals surface area (Å²) in [7, 11) is 1.82. The third kappa shape index (κ3) is 2.82. The Balaban J connectivity index is 1.44. The predicted octanol–water partition coefficient (Wildman–Crippen LogP) is -0.0247. The molecule has 0 unspecified atom stereocenters. The number of ether oxygens (including phenoxy) is 3. The van der Waals surface area contributed by atoms with Crippen LogP contribution in [0.25, 0.3) is 0 Å². The molecule has 2 aromatic rings. The summed E-state index contributed by atoms with van der Waals surface area (Å²) in [5.41, 5.74) is 0.446. The smallest absolute Gasteiger partial charge is 0.258 e. The van der Waals surface area contributed by atoms with E-state index in [9.17, 15) is 4.79 Å². The van der Waals surface area contributed by atoms with Gasteiger partial charge in [-0.05, 0) is 0 Å². The maximum absolute atomic E-state index is 12.6. The summed E-state index contributed by atoms with van der Waals surface area (Å²) in [4.78, 5) is 12.6. The van der Waals surface area contributed by atoms with Crippen molar-refractivity contribution in [2.24, 2.45) is 7.05 Å². The number of rotatable bonds is 4. The summed E-state index contributed by atoms with van der Waals surface area (Å²) in [6, 6.07) is -0.239. The van der Waals surface area contributed by atoms with Gasteiger partial charge >= 0.3 is 0 Å². The highest BCUT2D eigenvalue weighted by Gasteiger charge is 2.33. The van der Waals surface area contributed by atoms with E-state index in [4.69, 9.17) is 14.2 Å². The van der Waals surface area contributed by atoms with E-state index in [1.165, 1.54) is 0 Å². The van der Waals surface area contributed by atoms with Crippen molar-refractivity contribution in [3.05, 3.63) is 24.2 Å². The zero-order chi connectivity index (χ0) is 16.5. The van der Waals surface area contributed by atoms with Gasteiger partial charge in [0.2, 0.25) is 5.88 Å². The van der Waals surface area contributed by atoms with E-state index >= 15 is 0 Å². The Bertz CT molecular complexity index is 740. The van der Waals surface area contributed by atoms with Crippen molar-refractivity contribution in [1.82, 2.24) is 24.9 Å². The summed E-state index contributed by atoms with van der Waals surface area (Å²) in [6.07, 6.45) is 5.60. The van der Waals surface area contributed by atoms with Gasteiger partial charge in [0.25, 0.3) is 5.91 Å². The van der Waals surface area contributed by atoms with Crippen LogP contribution in [-0.2, 0) is 18.3 Å². The Morgan fingerprint density at radius 2 is 2.29 bits per heavy atom. The monoisotopic (exact) mass is 333 g/mol. The molecule has 1 saturated heterocycles. The van der Waals surface area contributed by atoms with E-state index < -0.39 is 0 Å². The fourth-order valence-corrected chi connectivity index (χ4v) is 2.89. The highest BCUT2D eigenvalue weighted by atomic mass is 16.5. The largest absolute Gasteiger partial charge is 0.482 e. The van der Waals surface area contributed by atoms with Crippen LogP contribution in [0.3, 0.4) is 0 Å². The lowest BCUT2D eigenvalue weighted by Gasteiger charge is -2.20. The van der Waals surface area contributed by atoms with Crippen molar-refractivity contribution in [2.75, 3.05) is 19.8 Å². The molecule has 2 atom stereocenters. The number of nitrogens with one attached hydrogen (secondary N) is 1. The van der Waals surface area contributed by atoms with Crippen molar-refractivity contribution in [3.8, 4) is 11.6 Å². The average Bonchev–Trinajstić information content (AvgIpc) is 3.28. The fourth-order valence-electron chi connectivity index (χ4n) is 2.89. The second kappa shape index (κ2) is 6.16. The van der Waals surface area contributed by atoms with Gasteiger partial charge in [-0.25, -0.2) is 4.68 Å². The molecule has 128 valence electrons. The number of aromatic nitrogens is 4. The van der Waals surface area contributed by atoms with Crippen LogP contribution in [0, 0.1) is 0 Å². The van der Waals surface area contributed by atoms with Gasteiger partial charge in [0, 0.05) is 20.0 Å². The van der Waals surface area contributed by atoms with Crippen LogP contribution in [0.15, 0.2) is 18.6 Å². The summed E-state index contributed by atoms with van der Waals surface area (Å²) >= 11 is 0. The highest BCUT2D eigenvalue weighted by molar-refractivity contribution is 5.96. The van der Waals surface area contributed by atoms with Crippen LogP contribution in [0.5, 0.6) is 11.6 Å². The molecule has 9 nitrogen and oxygen atoms in total. The first-order valence-electron chi connectivity index (χ1n) is 7.93. The molecule has 2 aliphatic heterocycles. The van der Waals surface area contributed by atoms with Crippen LogP contribution < -0.4 is 14.8 Å². The van der Waals surface area contributed by atoms with Crippen LogP contribution >= 0.6 is 0 Å². The molecular weight excluding hydrogens is 314 g/mol. The minimum absolute atomic E-state index is 0.228. The average molecular weight is 333 g/mol. The molecule has 0 bridgehead atoms. The molecule has 4 heterocycles. The van der Waals surface area contributed by atoms with E-state index in [-0.39, 0.29) is 18.1 Å². The van der Waals surface area contributed by atoms with Gasteiger partial charge in [-0.1, -0.05) is 0 Å². The van der Waals surface area contributed by atoms with Crippen molar-refractivity contribution in [2.45, 2.75) is 25.1 Å². The first-order valence-corrected chi connectivity index (χ1v) is 7.93. The third-order valence-electron chi connectivity index (χ3n) is 4.10. The van der Waals surface area contributed by atoms with Gasteiger partial charge in [0.15, 0.2) is 5.75 Å². The SMILES string of the molecule is Cn1cc(O[C@@H]2COC[C@@H]2NC(=O)c2cnn3c2OCCC3)cn1. The van der Waals surface area contributed by atoms with Crippen LogP contribution in [0.2, 0.25) is 0 Å². The van der Waals surface area contributed by atoms with E-state index in [0.717, 1.165) is 13.0 Å². The van der Waals surface area contributed by atoms with Gasteiger partial charge in [0.05, 0.1) is 44.5 Å². The Labute approximate surface area is 138 Å². The van der Waals surface area contributed by atoms with Crippen molar-refractivity contribution >= 4 is 5.91 Å². The second-order valence-corrected chi connectivity index (χ2v) is 5.91. The number of hydrogen-bond acceptors (Lipinski definition) is 6. The molecule has 2 aromatic heterocycles. The van der Waals surface area contributed by atoms with Gasteiger partial charge in [0.1, 0.15) is 11.7 Å². The molecule has 1 N–H and O–H groups in total. The maximum atomic E-state index is 12.6. The Morgan fingerprint density at radius 1 is 1.38 bits per heavy atom. The van der Waals surface area contributed by atoms with Crippen molar-refractivity contribution in [3.63, 3.8) is 0 Å². The number of nitrogens with zero attached hydrogens (tertiary/aromatic N) is 4. The molecule has 24 heavy (non-hydrogen) atoms. The van der Waals surface area contributed by atoms with Gasteiger partial charge in [-0.3, -0.25) is 9.48 Å². The Morgan fingerprint density at radius 3 is 3.12 bits per heavy atom. The van der Waals surface area contributed by atoms with E-state index in [2.05, 4.69) is 15.5 Å². The molecule has 0 aromatic carbocycles. The molecule has 0 spiro atoms. The molecule has 2 aliphatic rings. The minimum Gasteiger partial charge on any atom is -0.482 e. The number of aryl methyl sites for hydroxylation is 2. The molecule has 9 heteroatoms. The molecule has 0 aliphatic carbocycles. The maximum Gasteiger partial charge on any atom is 0.258 e. The van der Waals surface area contributed by atoms with Gasteiger partial charge in [-0.2, -0.15) is 10.2 Å². The quantitative estimate of drug-likeness (QED) is 0.845. The van der Waals surface area contributed by atoms with Crippen LogP contribution in [-0.4, -0.2) is 57.4 Å². The molecule has 1 fully saturated rings. The number of carbonyl (C=O) groups is 1. The first kappa shape index (κ1) is 15.0. The number of amides is 1. The number of hydrogen-bond donors (Lipinski definition) is 1. The van der Waals surface area contributed by atoms with Crippen LogP contribution in [0.1, 0.15) is 16.8 Å². The topological polar surface area (TPSA) is 92.4 Å². The lowest BCUT2D eigenvalue weighted by atomic mass is 10.2. The van der Waals surface area contributed by atoms with Crippen molar-refractivity contribution in [1.29, 1.82) is 0 Å². The van der Waals surface area contributed by atoms with E-state index in [1.807, 2.05) is 7.05 Å². The minimum atomic E-state index is -0.259.